The van der Waals surface area contributed by atoms with Crippen molar-refractivity contribution in [2.45, 2.75) is 20.0 Å². The molecule has 0 amide bonds. The number of rotatable bonds is 6. The molecular formula is C17H16N2O4S. The van der Waals surface area contributed by atoms with Crippen molar-refractivity contribution in [2.75, 3.05) is 6.61 Å². The lowest BCUT2D eigenvalue weighted by molar-refractivity contribution is -0.144. The van der Waals surface area contributed by atoms with Crippen molar-refractivity contribution in [3.63, 3.8) is 0 Å². The molecule has 0 aliphatic carbocycles. The molecule has 0 bridgehead atoms. The van der Waals surface area contributed by atoms with E-state index in [-0.39, 0.29) is 24.6 Å². The molecule has 0 atom stereocenters. The fourth-order valence-corrected chi connectivity index (χ4v) is 2.94. The Bertz CT molecular complexity index is 899. The van der Waals surface area contributed by atoms with E-state index in [0.29, 0.717) is 17.3 Å². The van der Waals surface area contributed by atoms with Crippen LogP contribution in [-0.2, 0) is 22.6 Å². The van der Waals surface area contributed by atoms with Crippen LogP contribution < -0.4 is 10.3 Å². The van der Waals surface area contributed by atoms with Crippen LogP contribution in [0.15, 0.2) is 46.7 Å². The van der Waals surface area contributed by atoms with Gasteiger partial charge in [-0.05, 0) is 24.6 Å². The van der Waals surface area contributed by atoms with E-state index in [0.717, 1.165) is 11.3 Å². The fourth-order valence-electron chi connectivity index (χ4n) is 2.20. The van der Waals surface area contributed by atoms with Gasteiger partial charge < -0.3 is 9.47 Å². The number of carbonyl (C=O) groups excluding carboxylic acids is 1. The topological polar surface area (TPSA) is 69.9 Å². The summed E-state index contributed by atoms with van der Waals surface area (Å²) in [4.78, 5) is 28.7. The van der Waals surface area contributed by atoms with E-state index in [9.17, 15) is 9.59 Å². The molecule has 0 radical (unpaired) electrons. The zero-order chi connectivity index (χ0) is 16.9. The van der Waals surface area contributed by atoms with Crippen LogP contribution in [0, 0.1) is 0 Å². The van der Waals surface area contributed by atoms with E-state index in [4.69, 9.17) is 9.47 Å². The molecule has 0 aliphatic rings. The molecule has 24 heavy (non-hydrogen) atoms. The summed E-state index contributed by atoms with van der Waals surface area (Å²) < 4.78 is 12.0. The summed E-state index contributed by atoms with van der Waals surface area (Å²) >= 11 is 1.36. The number of hydrogen-bond donors (Lipinski definition) is 0. The maximum atomic E-state index is 11.9. The Kier molecular flexibility index (Phi) is 4.90. The second kappa shape index (κ2) is 7.27. The second-order valence-electron chi connectivity index (χ2n) is 5.06. The third-order valence-electron chi connectivity index (χ3n) is 3.32. The first-order valence-electron chi connectivity index (χ1n) is 7.49. The highest BCUT2D eigenvalue weighted by atomic mass is 32.1. The first kappa shape index (κ1) is 16.2. The standard InChI is InChI=1S/C17H16N2O4S/c1-2-22-14-5-3-12(4-6-14)9-16(21)23-11-13-10-15(20)19-7-8-24-17(19)18-13/h3-8,10H,2,9,11H2,1H3. The van der Waals surface area contributed by atoms with Gasteiger partial charge in [0.25, 0.3) is 5.56 Å². The number of fused-ring (bicyclic) bond motifs is 1. The quantitative estimate of drug-likeness (QED) is 0.643. The molecule has 0 unspecified atom stereocenters. The molecular weight excluding hydrogens is 328 g/mol. The van der Waals surface area contributed by atoms with E-state index in [1.165, 1.54) is 21.8 Å². The molecule has 0 aliphatic heterocycles. The predicted molar refractivity (Wildman–Crippen MR) is 90.5 cm³/mol. The molecule has 2 aromatic heterocycles. The van der Waals surface area contributed by atoms with Crippen LogP contribution in [0.1, 0.15) is 18.2 Å². The van der Waals surface area contributed by atoms with E-state index in [2.05, 4.69) is 4.98 Å². The van der Waals surface area contributed by atoms with Crippen LogP contribution in [0.4, 0.5) is 0 Å². The molecule has 6 nitrogen and oxygen atoms in total. The smallest absolute Gasteiger partial charge is 0.310 e. The maximum absolute atomic E-state index is 11.9. The summed E-state index contributed by atoms with van der Waals surface area (Å²) in [5.74, 6) is 0.399. The van der Waals surface area contributed by atoms with Gasteiger partial charge in [-0.25, -0.2) is 4.98 Å². The van der Waals surface area contributed by atoms with Gasteiger partial charge in [-0.2, -0.15) is 0 Å². The van der Waals surface area contributed by atoms with Crippen LogP contribution >= 0.6 is 11.3 Å². The Hall–Kier alpha value is -2.67. The minimum Gasteiger partial charge on any atom is -0.494 e. The minimum atomic E-state index is -0.368. The number of carbonyl (C=O) groups is 1. The lowest BCUT2D eigenvalue weighted by Crippen LogP contribution is -2.15. The van der Waals surface area contributed by atoms with Crippen molar-refractivity contribution in [3.05, 3.63) is 63.5 Å². The molecule has 124 valence electrons. The number of ether oxygens (including phenoxy) is 2. The highest BCUT2D eigenvalue weighted by molar-refractivity contribution is 7.15. The van der Waals surface area contributed by atoms with Gasteiger partial charge in [0.1, 0.15) is 12.4 Å². The van der Waals surface area contributed by atoms with Crippen LogP contribution in [0.25, 0.3) is 4.96 Å². The molecule has 0 N–H and O–H groups in total. The Morgan fingerprint density at radius 3 is 2.83 bits per heavy atom. The van der Waals surface area contributed by atoms with E-state index >= 15 is 0 Å². The zero-order valence-electron chi connectivity index (χ0n) is 13.1. The Balaban J connectivity index is 1.59. The third-order valence-corrected chi connectivity index (χ3v) is 4.08. The zero-order valence-corrected chi connectivity index (χ0v) is 13.9. The largest absolute Gasteiger partial charge is 0.494 e. The highest BCUT2D eigenvalue weighted by Gasteiger charge is 2.08. The SMILES string of the molecule is CCOc1ccc(CC(=O)OCc2cc(=O)n3ccsc3n2)cc1. The van der Waals surface area contributed by atoms with Gasteiger partial charge in [-0.3, -0.25) is 14.0 Å². The summed E-state index contributed by atoms with van der Waals surface area (Å²) in [5.41, 5.74) is 1.10. The molecule has 0 saturated carbocycles. The van der Waals surface area contributed by atoms with Crippen LogP contribution in [0.2, 0.25) is 0 Å². The number of aromatic nitrogens is 2. The van der Waals surface area contributed by atoms with Gasteiger partial charge >= 0.3 is 5.97 Å². The summed E-state index contributed by atoms with van der Waals surface area (Å²) in [6.45, 7) is 2.50. The van der Waals surface area contributed by atoms with Crippen molar-refractivity contribution in [1.29, 1.82) is 0 Å². The van der Waals surface area contributed by atoms with Crippen molar-refractivity contribution < 1.29 is 14.3 Å². The Morgan fingerprint density at radius 2 is 2.08 bits per heavy atom. The minimum absolute atomic E-state index is 0.0144. The number of benzene rings is 1. The molecule has 1 aromatic carbocycles. The van der Waals surface area contributed by atoms with Crippen LogP contribution in [0.5, 0.6) is 5.75 Å². The van der Waals surface area contributed by atoms with E-state index in [1.54, 1.807) is 11.6 Å². The van der Waals surface area contributed by atoms with Crippen LogP contribution in [0.3, 0.4) is 0 Å². The maximum Gasteiger partial charge on any atom is 0.310 e. The number of nitrogens with zero attached hydrogens (tertiary/aromatic N) is 2. The highest BCUT2D eigenvalue weighted by Crippen LogP contribution is 2.13. The molecule has 0 saturated heterocycles. The van der Waals surface area contributed by atoms with E-state index < -0.39 is 0 Å². The molecule has 0 spiro atoms. The second-order valence-corrected chi connectivity index (χ2v) is 5.93. The van der Waals surface area contributed by atoms with Gasteiger partial charge in [0.15, 0.2) is 4.96 Å². The number of hydrogen-bond acceptors (Lipinski definition) is 6. The van der Waals surface area contributed by atoms with Crippen molar-refractivity contribution in [3.8, 4) is 5.75 Å². The lowest BCUT2D eigenvalue weighted by Gasteiger charge is -2.06. The lowest BCUT2D eigenvalue weighted by atomic mass is 10.1. The van der Waals surface area contributed by atoms with Crippen molar-refractivity contribution >= 4 is 22.3 Å². The van der Waals surface area contributed by atoms with Gasteiger partial charge in [0.2, 0.25) is 0 Å². The normalized spacial score (nSPS) is 10.7. The molecule has 3 aromatic rings. The molecule has 2 heterocycles. The average molecular weight is 344 g/mol. The van der Waals surface area contributed by atoms with Gasteiger partial charge in [-0.15, -0.1) is 11.3 Å². The predicted octanol–water partition coefficient (Wildman–Crippen LogP) is 2.44. The third kappa shape index (κ3) is 3.80. The van der Waals surface area contributed by atoms with E-state index in [1.807, 2.05) is 31.2 Å². The summed E-state index contributed by atoms with van der Waals surface area (Å²) in [7, 11) is 0. The first-order valence-corrected chi connectivity index (χ1v) is 8.37. The fraction of sp³-hybridized carbons (Fsp3) is 0.235. The number of thiazole rings is 1. The van der Waals surface area contributed by atoms with Gasteiger partial charge in [-0.1, -0.05) is 12.1 Å². The molecule has 7 heteroatoms. The summed E-state index contributed by atoms with van der Waals surface area (Å²) in [6.07, 6.45) is 1.82. The molecule has 3 rings (SSSR count). The van der Waals surface area contributed by atoms with Crippen molar-refractivity contribution in [1.82, 2.24) is 9.38 Å². The number of esters is 1. The summed E-state index contributed by atoms with van der Waals surface area (Å²) in [6, 6.07) is 8.67. The van der Waals surface area contributed by atoms with Gasteiger partial charge in [0.05, 0.1) is 18.7 Å². The average Bonchev–Trinajstić information content (AvgIpc) is 3.04. The van der Waals surface area contributed by atoms with Gasteiger partial charge in [0, 0.05) is 17.6 Å². The Labute approximate surface area is 142 Å². The Morgan fingerprint density at radius 1 is 1.29 bits per heavy atom. The summed E-state index contributed by atoms with van der Waals surface area (Å²) in [5, 5.41) is 1.78. The monoisotopic (exact) mass is 344 g/mol. The molecule has 0 fully saturated rings. The van der Waals surface area contributed by atoms with Crippen molar-refractivity contribution in [2.24, 2.45) is 0 Å². The van der Waals surface area contributed by atoms with Crippen LogP contribution in [-0.4, -0.2) is 22.0 Å². The first-order chi connectivity index (χ1) is 11.7.